The first-order valence-corrected chi connectivity index (χ1v) is 12.5. The molecule has 1 aliphatic heterocycles. The fourth-order valence-corrected chi connectivity index (χ4v) is 7.95. The van der Waals surface area contributed by atoms with Gasteiger partial charge in [0.1, 0.15) is 11.6 Å². The molecule has 0 aromatic carbocycles. The van der Waals surface area contributed by atoms with Crippen LogP contribution in [-0.2, 0) is 19.6 Å². The summed E-state index contributed by atoms with van der Waals surface area (Å²) in [5.41, 5.74) is -1.04. The van der Waals surface area contributed by atoms with E-state index in [0.717, 1.165) is 6.42 Å². The van der Waals surface area contributed by atoms with Gasteiger partial charge in [-0.15, -0.1) is 0 Å². The van der Waals surface area contributed by atoms with E-state index < -0.39 is 15.4 Å². The molecule has 1 aromatic heterocycles. The van der Waals surface area contributed by atoms with Crippen molar-refractivity contribution in [2.75, 3.05) is 24.2 Å². The molecule has 0 spiro atoms. The quantitative estimate of drug-likeness (QED) is 0.738. The van der Waals surface area contributed by atoms with Crippen molar-refractivity contribution in [1.82, 2.24) is 9.29 Å². The minimum atomic E-state index is -3.57. The number of pyridine rings is 1. The van der Waals surface area contributed by atoms with Gasteiger partial charge >= 0.3 is 0 Å². The standard InChI is InChI=1S/C21H28ClN3O4S/c1-20(2)15-5-8-21(20,17(26)11-15)13-30(28,29)25-9-6-14(7-10-25)19(27)24-18-4-3-16(22)12-23-18/h3-4,12,14-15H,5-11,13H2,1-2H3,(H,23,24,27). The van der Waals surface area contributed by atoms with E-state index in [1.54, 1.807) is 12.1 Å². The lowest BCUT2D eigenvalue weighted by atomic mass is 9.70. The van der Waals surface area contributed by atoms with Crippen LogP contribution in [-0.4, -0.2) is 48.2 Å². The van der Waals surface area contributed by atoms with Crippen LogP contribution in [0.1, 0.15) is 46.0 Å². The monoisotopic (exact) mass is 453 g/mol. The number of nitrogens with one attached hydrogen (secondary N) is 1. The number of anilines is 1. The molecule has 3 fully saturated rings. The minimum Gasteiger partial charge on any atom is -0.310 e. The van der Waals surface area contributed by atoms with Gasteiger partial charge in [-0.05, 0) is 49.1 Å². The second-order valence-electron chi connectivity index (χ2n) is 9.45. The number of hydrogen-bond donors (Lipinski definition) is 1. The van der Waals surface area contributed by atoms with Gasteiger partial charge in [-0.1, -0.05) is 25.4 Å². The van der Waals surface area contributed by atoms with Crippen LogP contribution >= 0.6 is 11.6 Å². The summed E-state index contributed by atoms with van der Waals surface area (Å²) < 4.78 is 27.9. The Labute approximate surface area is 182 Å². The van der Waals surface area contributed by atoms with E-state index in [2.05, 4.69) is 10.3 Å². The highest BCUT2D eigenvalue weighted by Crippen LogP contribution is 2.64. The molecule has 2 saturated carbocycles. The van der Waals surface area contributed by atoms with Gasteiger partial charge in [0.15, 0.2) is 0 Å². The number of sulfonamides is 1. The number of nitrogens with zero attached hydrogens (tertiary/aromatic N) is 2. The Morgan fingerprint density at radius 3 is 2.50 bits per heavy atom. The SMILES string of the molecule is CC1(C)C2CCC1(CS(=O)(=O)N1CCC(C(=O)Nc3ccc(Cl)cn3)CC1)C(=O)C2. The summed E-state index contributed by atoms with van der Waals surface area (Å²) in [5, 5.41) is 3.26. The number of fused-ring (bicyclic) bond motifs is 2. The molecule has 0 radical (unpaired) electrons. The fraction of sp³-hybridized carbons (Fsp3) is 0.667. The van der Waals surface area contributed by atoms with Crippen molar-refractivity contribution in [2.24, 2.45) is 22.7 Å². The third kappa shape index (κ3) is 3.56. The first-order valence-electron chi connectivity index (χ1n) is 10.5. The Hall–Kier alpha value is -1.51. The molecule has 2 bridgehead atoms. The van der Waals surface area contributed by atoms with Crippen LogP contribution in [0.5, 0.6) is 0 Å². The number of Topliss-reactive ketones (excluding diaryl/α,β-unsaturated/α-hetero) is 1. The zero-order chi connectivity index (χ0) is 21.7. The summed E-state index contributed by atoms with van der Waals surface area (Å²) in [6.07, 6.45) is 4.46. The molecule has 1 N–H and O–H groups in total. The summed E-state index contributed by atoms with van der Waals surface area (Å²) in [6, 6.07) is 3.28. The summed E-state index contributed by atoms with van der Waals surface area (Å²) in [4.78, 5) is 29.3. The Balaban J connectivity index is 1.38. The van der Waals surface area contributed by atoms with Crippen LogP contribution in [0.2, 0.25) is 5.02 Å². The number of aromatic nitrogens is 1. The Morgan fingerprint density at radius 1 is 1.27 bits per heavy atom. The molecule has 1 aromatic rings. The van der Waals surface area contributed by atoms with Gasteiger partial charge in [0.05, 0.1) is 10.8 Å². The van der Waals surface area contributed by atoms with E-state index in [1.807, 2.05) is 13.8 Å². The second kappa shape index (κ2) is 7.57. The van der Waals surface area contributed by atoms with Gasteiger partial charge < -0.3 is 5.32 Å². The first kappa shape index (κ1) is 21.7. The topological polar surface area (TPSA) is 96.4 Å². The van der Waals surface area contributed by atoms with Gasteiger partial charge in [0.25, 0.3) is 0 Å². The molecule has 2 atom stereocenters. The molecule has 2 unspecified atom stereocenters. The minimum absolute atomic E-state index is 0.103. The molecule has 164 valence electrons. The zero-order valence-electron chi connectivity index (χ0n) is 17.4. The number of ketones is 1. The molecule has 1 amide bonds. The van der Waals surface area contributed by atoms with Gasteiger partial charge in [0, 0.05) is 37.0 Å². The first-order chi connectivity index (χ1) is 14.0. The highest BCUT2D eigenvalue weighted by atomic mass is 35.5. The molecule has 9 heteroatoms. The van der Waals surface area contributed by atoms with Crippen LogP contribution < -0.4 is 5.32 Å². The van der Waals surface area contributed by atoms with E-state index in [9.17, 15) is 18.0 Å². The second-order valence-corrected chi connectivity index (χ2v) is 11.9. The van der Waals surface area contributed by atoms with Crippen LogP contribution in [0.15, 0.2) is 18.3 Å². The lowest BCUT2D eigenvalue weighted by molar-refractivity contribution is -0.128. The Morgan fingerprint density at radius 2 is 1.97 bits per heavy atom. The van der Waals surface area contributed by atoms with Crippen molar-refractivity contribution < 1.29 is 18.0 Å². The van der Waals surface area contributed by atoms with Gasteiger partial charge in [0.2, 0.25) is 15.9 Å². The van der Waals surface area contributed by atoms with E-state index in [0.29, 0.717) is 49.6 Å². The van der Waals surface area contributed by atoms with E-state index in [-0.39, 0.29) is 34.7 Å². The number of halogens is 1. The van der Waals surface area contributed by atoms with Crippen molar-refractivity contribution in [3.05, 3.63) is 23.4 Å². The third-order valence-electron chi connectivity index (χ3n) is 7.76. The van der Waals surface area contributed by atoms with Crippen LogP contribution in [0.25, 0.3) is 0 Å². The lowest BCUT2D eigenvalue weighted by Gasteiger charge is -2.39. The highest BCUT2D eigenvalue weighted by molar-refractivity contribution is 7.89. The number of carbonyl (C=O) groups is 2. The molecular weight excluding hydrogens is 426 g/mol. The number of hydrogen-bond acceptors (Lipinski definition) is 5. The predicted octanol–water partition coefficient (Wildman–Crippen LogP) is 3.11. The van der Waals surface area contributed by atoms with Crippen molar-refractivity contribution in [1.29, 1.82) is 0 Å². The Bertz CT molecular complexity index is 955. The zero-order valence-corrected chi connectivity index (χ0v) is 18.9. The average Bonchev–Trinajstić information content (AvgIpc) is 3.04. The smallest absolute Gasteiger partial charge is 0.228 e. The summed E-state index contributed by atoms with van der Waals surface area (Å²) in [6.45, 7) is 4.68. The third-order valence-corrected chi connectivity index (χ3v) is 10.00. The summed E-state index contributed by atoms with van der Waals surface area (Å²) in [7, 11) is -3.57. The van der Waals surface area contributed by atoms with E-state index in [1.165, 1.54) is 10.5 Å². The molecule has 2 aliphatic carbocycles. The van der Waals surface area contributed by atoms with Crippen LogP contribution in [0.3, 0.4) is 0 Å². The molecule has 2 heterocycles. The Kier molecular flexibility index (Phi) is 5.48. The molecule has 30 heavy (non-hydrogen) atoms. The average molecular weight is 454 g/mol. The molecule has 1 saturated heterocycles. The normalized spacial score (nSPS) is 29.3. The summed E-state index contributed by atoms with van der Waals surface area (Å²) in [5.74, 6) is 0.289. The van der Waals surface area contributed by atoms with Crippen LogP contribution in [0, 0.1) is 22.7 Å². The van der Waals surface area contributed by atoms with E-state index >= 15 is 0 Å². The molecule has 4 rings (SSSR count). The number of amides is 1. The largest absolute Gasteiger partial charge is 0.310 e. The molecule has 3 aliphatic rings. The lowest BCUT2D eigenvalue weighted by Crippen LogP contribution is -2.49. The highest BCUT2D eigenvalue weighted by Gasteiger charge is 2.65. The van der Waals surface area contributed by atoms with Crippen molar-refractivity contribution in [2.45, 2.75) is 46.0 Å². The van der Waals surface area contributed by atoms with E-state index in [4.69, 9.17) is 11.6 Å². The maximum Gasteiger partial charge on any atom is 0.228 e. The van der Waals surface area contributed by atoms with Gasteiger partial charge in [-0.2, -0.15) is 0 Å². The number of piperidine rings is 1. The van der Waals surface area contributed by atoms with Gasteiger partial charge in [-0.3, -0.25) is 9.59 Å². The van der Waals surface area contributed by atoms with Crippen LogP contribution in [0.4, 0.5) is 5.82 Å². The van der Waals surface area contributed by atoms with Crippen molar-refractivity contribution in [3.63, 3.8) is 0 Å². The van der Waals surface area contributed by atoms with Crippen molar-refractivity contribution in [3.8, 4) is 0 Å². The fourth-order valence-electron chi connectivity index (χ4n) is 5.59. The number of carbonyl (C=O) groups excluding carboxylic acids is 2. The number of rotatable bonds is 5. The maximum atomic E-state index is 13.2. The van der Waals surface area contributed by atoms with Gasteiger partial charge in [-0.25, -0.2) is 17.7 Å². The predicted molar refractivity (Wildman–Crippen MR) is 115 cm³/mol. The molecule has 7 nitrogen and oxygen atoms in total. The maximum absolute atomic E-state index is 13.2. The molecular formula is C21H28ClN3O4S. The van der Waals surface area contributed by atoms with Crippen molar-refractivity contribution >= 4 is 39.1 Å². The summed E-state index contributed by atoms with van der Waals surface area (Å²) >= 11 is 5.81.